The Labute approximate surface area is 99.6 Å². The van der Waals surface area contributed by atoms with Crippen LogP contribution in [0.5, 0.6) is 0 Å². The van der Waals surface area contributed by atoms with Crippen molar-refractivity contribution in [2.24, 2.45) is 5.73 Å². The van der Waals surface area contributed by atoms with E-state index < -0.39 is 5.54 Å². The first kappa shape index (κ1) is 11.6. The molecule has 1 amide bonds. The van der Waals surface area contributed by atoms with Crippen molar-refractivity contribution in [3.05, 3.63) is 36.2 Å². The van der Waals surface area contributed by atoms with E-state index in [1.165, 1.54) is 0 Å². The van der Waals surface area contributed by atoms with Crippen LogP contribution in [0.4, 0.5) is 0 Å². The predicted octanol–water partition coefficient (Wildman–Crippen LogP) is 0.801. The van der Waals surface area contributed by atoms with Crippen LogP contribution in [0.25, 0.3) is 5.52 Å². The van der Waals surface area contributed by atoms with Crippen molar-refractivity contribution < 1.29 is 4.79 Å². The van der Waals surface area contributed by atoms with Gasteiger partial charge in [0.15, 0.2) is 0 Å². The molecule has 0 spiro atoms. The summed E-state index contributed by atoms with van der Waals surface area (Å²) in [4.78, 5) is 12.1. The number of rotatable bonds is 3. The summed E-state index contributed by atoms with van der Waals surface area (Å²) in [5, 5.41) is 7.00. The molecule has 2 heterocycles. The molecule has 0 bridgehead atoms. The minimum Gasteiger partial charge on any atom is -0.346 e. The molecule has 0 aromatic carbocycles. The number of amides is 1. The minimum atomic E-state index is -0.417. The van der Waals surface area contributed by atoms with Crippen molar-refractivity contribution in [3.63, 3.8) is 0 Å². The Morgan fingerprint density at radius 2 is 2.29 bits per heavy atom. The normalized spacial score (nSPS) is 11.7. The first-order valence-electron chi connectivity index (χ1n) is 5.48. The van der Waals surface area contributed by atoms with E-state index in [1.807, 2.05) is 32.0 Å². The van der Waals surface area contributed by atoms with E-state index in [0.717, 1.165) is 5.52 Å². The summed E-state index contributed by atoms with van der Waals surface area (Å²) in [7, 11) is 0. The van der Waals surface area contributed by atoms with Gasteiger partial charge in [-0.2, -0.15) is 5.10 Å². The second kappa shape index (κ2) is 4.18. The molecule has 3 N–H and O–H groups in total. The molecule has 5 nitrogen and oxygen atoms in total. The smallest absolute Gasteiger partial charge is 0.255 e. The number of nitrogens with one attached hydrogen (secondary N) is 1. The lowest BCUT2D eigenvalue weighted by Gasteiger charge is -2.23. The number of nitrogens with two attached hydrogens (primary N) is 1. The minimum absolute atomic E-state index is 0.151. The van der Waals surface area contributed by atoms with Gasteiger partial charge in [-0.25, -0.2) is 4.52 Å². The van der Waals surface area contributed by atoms with Crippen LogP contribution in [0.1, 0.15) is 24.2 Å². The third kappa shape index (κ3) is 2.29. The lowest BCUT2D eigenvalue weighted by Crippen LogP contribution is -2.48. The van der Waals surface area contributed by atoms with Gasteiger partial charge in [-0.15, -0.1) is 0 Å². The monoisotopic (exact) mass is 232 g/mol. The summed E-state index contributed by atoms with van der Waals surface area (Å²) in [6.07, 6.45) is 3.37. The van der Waals surface area contributed by atoms with Crippen molar-refractivity contribution in [1.82, 2.24) is 14.9 Å². The Hall–Kier alpha value is -1.88. The number of carbonyl (C=O) groups excluding carboxylic acids is 1. The van der Waals surface area contributed by atoms with E-state index in [-0.39, 0.29) is 5.91 Å². The fraction of sp³-hybridized carbons (Fsp3) is 0.333. The standard InChI is InChI=1S/C12H16N4O/c1-12(2,8-13)15-11(17)9-7-14-16-6-4-3-5-10(9)16/h3-7H,8,13H2,1-2H3,(H,15,17). The van der Waals surface area contributed by atoms with Crippen molar-refractivity contribution in [1.29, 1.82) is 0 Å². The first-order chi connectivity index (χ1) is 8.03. The Bertz CT molecular complexity index is 544. The van der Waals surface area contributed by atoms with Crippen molar-refractivity contribution >= 4 is 11.4 Å². The molecule has 0 radical (unpaired) electrons. The summed E-state index contributed by atoms with van der Waals surface area (Å²) in [6.45, 7) is 4.16. The molecular formula is C12H16N4O. The topological polar surface area (TPSA) is 72.4 Å². The number of aromatic nitrogens is 2. The van der Waals surface area contributed by atoms with Crippen LogP contribution in [0, 0.1) is 0 Å². The fourth-order valence-corrected chi connectivity index (χ4v) is 1.54. The SMILES string of the molecule is CC(C)(CN)NC(=O)c1cnn2ccccc12. The fourth-order valence-electron chi connectivity index (χ4n) is 1.54. The lowest BCUT2D eigenvalue weighted by molar-refractivity contribution is 0.0917. The van der Waals surface area contributed by atoms with Crippen LogP contribution in [0.15, 0.2) is 30.6 Å². The molecule has 0 saturated heterocycles. The second-order valence-electron chi connectivity index (χ2n) is 4.63. The Balaban J connectivity index is 2.31. The molecule has 0 fully saturated rings. The van der Waals surface area contributed by atoms with Gasteiger partial charge in [0.2, 0.25) is 0 Å². The Morgan fingerprint density at radius 3 is 3.00 bits per heavy atom. The molecule has 0 saturated carbocycles. The summed E-state index contributed by atoms with van der Waals surface area (Å²) >= 11 is 0. The first-order valence-corrected chi connectivity index (χ1v) is 5.48. The maximum atomic E-state index is 12.1. The van der Waals surface area contributed by atoms with Gasteiger partial charge >= 0.3 is 0 Å². The van der Waals surface area contributed by atoms with Gasteiger partial charge in [0.25, 0.3) is 5.91 Å². The summed E-state index contributed by atoms with van der Waals surface area (Å²) < 4.78 is 1.67. The highest BCUT2D eigenvalue weighted by Gasteiger charge is 2.21. The van der Waals surface area contributed by atoms with E-state index in [2.05, 4.69) is 10.4 Å². The number of hydrogen-bond acceptors (Lipinski definition) is 3. The van der Waals surface area contributed by atoms with Crippen LogP contribution in [-0.2, 0) is 0 Å². The summed E-state index contributed by atoms with van der Waals surface area (Å²) in [5.74, 6) is -0.151. The third-order valence-electron chi connectivity index (χ3n) is 2.63. The molecule has 0 aliphatic carbocycles. The van der Waals surface area contributed by atoms with Gasteiger partial charge in [0.1, 0.15) is 0 Å². The second-order valence-corrected chi connectivity index (χ2v) is 4.63. The molecule has 17 heavy (non-hydrogen) atoms. The lowest BCUT2D eigenvalue weighted by atomic mass is 10.1. The van der Waals surface area contributed by atoms with Crippen molar-refractivity contribution in [2.45, 2.75) is 19.4 Å². The van der Waals surface area contributed by atoms with Gasteiger partial charge in [-0.1, -0.05) is 6.07 Å². The van der Waals surface area contributed by atoms with Crippen molar-refractivity contribution in [3.8, 4) is 0 Å². The molecule has 0 unspecified atom stereocenters. The van der Waals surface area contributed by atoms with E-state index in [1.54, 1.807) is 16.9 Å². The van der Waals surface area contributed by atoms with Gasteiger partial charge in [-0.05, 0) is 26.0 Å². The van der Waals surface area contributed by atoms with Crippen LogP contribution in [-0.4, -0.2) is 27.6 Å². The maximum absolute atomic E-state index is 12.1. The third-order valence-corrected chi connectivity index (χ3v) is 2.63. The van der Waals surface area contributed by atoms with Crippen molar-refractivity contribution in [2.75, 3.05) is 6.54 Å². The van der Waals surface area contributed by atoms with Gasteiger partial charge in [0.05, 0.1) is 17.3 Å². The highest BCUT2D eigenvalue weighted by Crippen LogP contribution is 2.11. The van der Waals surface area contributed by atoms with Gasteiger partial charge in [-0.3, -0.25) is 4.79 Å². The van der Waals surface area contributed by atoms with E-state index >= 15 is 0 Å². The van der Waals surface area contributed by atoms with E-state index in [9.17, 15) is 4.79 Å². The summed E-state index contributed by atoms with van der Waals surface area (Å²) in [5.41, 5.74) is 6.52. The Kier molecular flexibility index (Phi) is 2.85. The van der Waals surface area contributed by atoms with E-state index in [0.29, 0.717) is 12.1 Å². The maximum Gasteiger partial charge on any atom is 0.255 e. The Morgan fingerprint density at radius 1 is 1.53 bits per heavy atom. The largest absolute Gasteiger partial charge is 0.346 e. The van der Waals surface area contributed by atoms with Gasteiger partial charge < -0.3 is 11.1 Å². The molecular weight excluding hydrogens is 216 g/mol. The number of hydrogen-bond donors (Lipinski definition) is 2. The molecule has 90 valence electrons. The highest BCUT2D eigenvalue weighted by molar-refractivity contribution is 6.00. The molecule has 5 heteroatoms. The molecule has 2 aromatic rings. The van der Waals surface area contributed by atoms with Crippen LogP contribution < -0.4 is 11.1 Å². The quantitative estimate of drug-likeness (QED) is 0.822. The predicted molar refractivity (Wildman–Crippen MR) is 65.8 cm³/mol. The number of carbonyl (C=O) groups is 1. The zero-order valence-corrected chi connectivity index (χ0v) is 9.97. The van der Waals surface area contributed by atoms with Crippen LogP contribution in [0.3, 0.4) is 0 Å². The number of pyridine rings is 1. The van der Waals surface area contributed by atoms with E-state index in [4.69, 9.17) is 5.73 Å². The number of nitrogens with zero attached hydrogens (tertiary/aromatic N) is 2. The zero-order valence-electron chi connectivity index (χ0n) is 9.97. The molecule has 0 aliphatic heterocycles. The molecule has 2 rings (SSSR count). The molecule has 0 aliphatic rings. The summed E-state index contributed by atoms with van der Waals surface area (Å²) in [6, 6.07) is 5.60. The van der Waals surface area contributed by atoms with Crippen LogP contribution >= 0.6 is 0 Å². The van der Waals surface area contributed by atoms with Crippen LogP contribution in [0.2, 0.25) is 0 Å². The zero-order chi connectivity index (χ0) is 12.5. The average molecular weight is 232 g/mol. The molecule has 0 atom stereocenters. The number of fused-ring (bicyclic) bond motifs is 1. The average Bonchev–Trinajstić information content (AvgIpc) is 2.72. The van der Waals surface area contributed by atoms with Gasteiger partial charge in [0, 0.05) is 18.3 Å². The highest BCUT2D eigenvalue weighted by atomic mass is 16.1. The molecule has 2 aromatic heterocycles.